The number of nitrogens with two attached hydrogens (primary N) is 1. The highest BCUT2D eigenvalue weighted by molar-refractivity contribution is 7.92. The Morgan fingerprint density at radius 2 is 1.73 bits per heavy atom. The van der Waals surface area contributed by atoms with Gasteiger partial charge in [-0.1, -0.05) is 17.7 Å². The second-order valence-corrected chi connectivity index (χ2v) is 13.0. The number of benzene rings is 3. The summed E-state index contributed by atoms with van der Waals surface area (Å²) in [4.78, 5) is 26.5. The topological polar surface area (TPSA) is 151 Å². The first-order valence-corrected chi connectivity index (χ1v) is 16.1. The highest BCUT2D eigenvalue weighted by Crippen LogP contribution is 2.36. The van der Waals surface area contributed by atoms with Crippen LogP contribution in [0.2, 0.25) is 5.02 Å². The van der Waals surface area contributed by atoms with E-state index in [-0.39, 0.29) is 67.5 Å². The molecule has 3 heterocycles. The summed E-state index contributed by atoms with van der Waals surface area (Å²) in [7, 11) is -2.32. The van der Waals surface area contributed by atoms with E-state index in [1.54, 1.807) is 0 Å². The molecule has 0 radical (unpaired) electrons. The number of hydrogen-bond donors (Lipinski definition) is 2. The van der Waals surface area contributed by atoms with E-state index in [0.717, 1.165) is 35.2 Å². The lowest BCUT2D eigenvalue weighted by Crippen LogP contribution is -2.30. The van der Waals surface area contributed by atoms with E-state index in [2.05, 4.69) is 24.8 Å². The number of nitrogens with zero attached hydrogens (tertiary/aromatic N) is 6. The van der Waals surface area contributed by atoms with E-state index in [1.807, 2.05) is 0 Å². The van der Waals surface area contributed by atoms with Gasteiger partial charge in [-0.05, 0) is 54.4 Å². The van der Waals surface area contributed by atoms with Crippen LogP contribution in [-0.2, 0) is 29.7 Å². The third kappa shape index (κ3) is 6.31. The van der Waals surface area contributed by atoms with Gasteiger partial charge in [-0.2, -0.15) is 18.3 Å². The Bertz CT molecular complexity index is 2410. The molecule has 3 aromatic carbocycles. The number of sulfonamides is 1. The number of hydrogen-bond acceptors (Lipinski definition) is 8. The van der Waals surface area contributed by atoms with E-state index < -0.39 is 45.1 Å². The fourth-order valence-electron chi connectivity index (χ4n) is 5.34. The Morgan fingerprint density at radius 3 is 2.40 bits per heavy atom. The summed E-state index contributed by atoms with van der Waals surface area (Å²) in [6.07, 6.45) is -3.06. The molecular formula is C30H22ClF5N8O3S. The molecule has 0 bridgehead atoms. The van der Waals surface area contributed by atoms with Crippen LogP contribution < -0.4 is 16.0 Å². The van der Waals surface area contributed by atoms with Crippen molar-refractivity contribution in [2.24, 2.45) is 12.8 Å². The molecule has 11 nitrogen and oxygen atoms in total. The Kier molecular flexibility index (Phi) is 8.17. The molecule has 3 N–H and O–H groups in total. The SMILES string of the molecule is Cn1nc(NS(C)(=O)=O)c2c(Cl)ccc(-n3c([C@H](N)Cc4cc(F)cc(F)c4)nc4cc(-c5nccc(C(F)(F)F)n5)ccc4c3=O)c21. The van der Waals surface area contributed by atoms with Crippen LogP contribution in [0.4, 0.5) is 27.8 Å². The minimum Gasteiger partial charge on any atom is -0.321 e. The van der Waals surface area contributed by atoms with Gasteiger partial charge >= 0.3 is 6.18 Å². The zero-order chi connectivity index (χ0) is 34.7. The van der Waals surface area contributed by atoms with Crippen molar-refractivity contribution >= 4 is 49.2 Å². The van der Waals surface area contributed by atoms with Crippen LogP contribution >= 0.6 is 11.6 Å². The third-order valence-electron chi connectivity index (χ3n) is 7.25. The number of fused-ring (bicyclic) bond motifs is 2. The molecule has 6 rings (SSSR count). The molecule has 0 saturated heterocycles. The minimum absolute atomic E-state index is 0.0122. The summed E-state index contributed by atoms with van der Waals surface area (Å²) in [6, 6.07) is 9.25. The lowest BCUT2D eigenvalue weighted by Gasteiger charge is -2.20. The van der Waals surface area contributed by atoms with Crippen molar-refractivity contribution in [3.05, 3.63) is 105 Å². The van der Waals surface area contributed by atoms with Gasteiger partial charge in [-0.3, -0.25) is 18.8 Å². The smallest absolute Gasteiger partial charge is 0.321 e. The average molecular weight is 705 g/mol. The number of nitrogens with one attached hydrogen (secondary N) is 1. The van der Waals surface area contributed by atoms with Crippen LogP contribution in [0, 0.1) is 11.6 Å². The standard InChI is InChI=1S/C30H22ClF5N8O3S/c1-43-25-22(6-5-19(31)24(25)27(41-43)42-48(2,46)47)44-28(20(37)11-14-9-16(32)13-17(33)10-14)39-21-12-15(3-4-18(21)29(44)45)26-38-8-7-23(40-26)30(34,35)36/h3-10,12-13,20H,11,37H2,1-2H3,(H,41,42)/t20-/m1/s1. The Balaban J connectivity index is 1.61. The zero-order valence-electron chi connectivity index (χ0n) is 24.7. The van der Waals surface area contributed by atoms with Gasteiger partial charge in [-0.15, -0.1) is 0 Å². The van der Waals surface area contributed by atoms with Gasteiger partial charge < -0.3 is 5.73 Å². The molecule has 0 saturated carbocycles. The summed E-state index contributed by atoms with van der Waals surface area (Å²) in [5.74, 6) is -2.21. The monoisotopic (exact) mass is 704 g/mol. The Morgan fingerprint density at radius 1 is 1.02 bits per heavy atom. The van der Waals surface area contributed by atoms with E-state index in [0.29, 0.717) is 6.07 Å². The van der Waals surface area contributed by atoms with Gasteiger partial charge in [0.05, 0.1) is 44.8 Å². The maximum absolute atomic E-state index is 14.3. The van der Waals surface area contributed by atoms with Crippen LogP contribution in [0.15, 0.2) is 65.6 Å². The first-order valence-electron chi connectivity index (χ1n) is 13.8. The zero-order valence-corrected chi connectivity index (χ0v) is 26.3. The number of anilines is 1. The van der Waals surface area contributed by atoms with E-state index >= 15 is 0 Å². The largest absolute Gasteiger partial charge is 0.433 e. The van der Waals surface area contributed by atoms with Crippen molar-refractivity contribution in [2.75, 3.05) is 11.0 Å². The molecule has 3 aromatic heterocycles. The van der Waals surface area contributed by atoms with Gasteiger partial charge in [0.25, 0.3) is 5.56 Å². The van der Waals surface area contributed by atoms with Crippen molar-refractivity contribution in [1.29, 1.82) is 0 Å². The van der Waals surface area contributed by atoms with E-state index in [4.69, 9.17) is 17.3 Å². The lowest BCUT2D eigenvalue weighted by molar-refractivity contribution is -0.141. The first-order chi connectivity index (χ1) is 22.5. The van der Waals surface area contributed by atoms with Crippen LogP contribution in [0.5, 0.6) is 0 Å². The molecule has 0 fully saturated rings. The normalized spacial score (nSPS) is 12.9. The first kappa shape index (κ1) is 32.9. The van der Waals surface area contributed by atoms with Crippen molar-refractivity contribution in [2.45, 2.75) is 18.6 Å². The number of aryl methyl sites for hydroxylation is 1. The number of halogens is 6. The van der Waals surface area contributed by atoms with Crippen molar-refractivity contribution in [3.63, 3.8) is 0 Å². The molecule has 248 valence electrons. The van der Waals surface area contributed by atoms with Crippen molar-refractivity contribution < 1.29 is 30.4 Å². The fourth-order valence-corrected chi connectivity index (χ4v) is 6.08. The summed E-state index contributed by atoms with van der Waals surface area (Å²) in [6.45, 7) is 0. The molecule has 48 heavy (non-hydrogen) atoms. The molecular weight excluding hydrogens is 683 g/mol. The lowest BCUT2D eigenvalue weighted by atomic mass is 10.0. The third-order valence-corrected chi connectivity index (χ3v) is 8.13. The molecule has 0 aliphatic carbocycles. The van der Waals surface area contributed by atoms with Gasteiger partial charge in [0.1, 0.15) is 23.2 Å². The van der Waals surface area contributed by atoms with E-state index in [1.165, 1.54) is 42.1 Å². The Labute approximate surface area is 272 Å². The highest BCUT2D eigenvalue weighted by Gasteiger charge is 2.33. The van der Waals surface area contributed by atoms with Crippen molar-refractivity contribution in [3.8, 4) is 17.1 Å². The predicted molar refractivity (Wildman–Crippen MR) is 168 cm³/mol. The Hall–Kier alpha value is -5.00. The van der Waals surface area contributed by atoms with Gasteiger partial charge in [0.15, 0.2) is 11.6 Å². The number of aromatic nitrogens is 6. The molecule has 18 heteroatoms. The van der Waals surface area contributed by atoms with Crippen molar-refractivity contribution in [1.82, 2.24) is 29.3 Å². The highest BCUT2D eigenvalue weighted by atomic mass is 35.5. The molecule has 6 aromatic rings. The van der Waals surface area contributed by atoms with Gasteiger partial charge in [0.2, 0.25) is 10.0 Å². The second kappa shape index (κ2) is 11.9. The van der Waals surface area contributed by atoms with Crippen LogP contribution in [0.1, 0.15) is 23.1 Å². The van der Waals surface area contributed by atoms with Crippen LogP contribution in [0.3, 0.4) is 0 Å². The molecule has 0 amide bonds. The van der Waals surface area contributed by atoms with Crippen LogP contribution in [-0.4, -0.2) is 44.0 Å². The van der Waals surface area contributed by atoms with Gasteiger partial charge in [-0.25, -0.2) is 32.2 Å². The second-order valence-electron chi connectivity index (χ2n) is 10.8. The quantitative estimate of drug-likeness (QED) is 0.213. The maximum Gasteiger partial charge on any atom is 0.433 e. The summed E-state index contributed by atoms with van der Waals surface area (Å²) in [5, 5.41) is 4.50. The maximum atomic E-state index is 14.3. The fraction of sp³-hybridized carbons (Fsp3) is 0.167. The predicted octanol–water partition coefficient (Wildman–Crippen LogP) is 5.29. The summed E-state index contributed by atoms with van der Waals surface area (Å²) in [5.41, 5.74) is 5.34. The number of alkyl halides is 3. The average Bonchev–Trinajstić information content (AvgIpc) is 3.31. The molecule has 0 spiro atoms. The molecule has 0 aliphatic rings. The van der Waals surface area contributed by atoms with Crippen LogP contribution in [0.25, 0.3) is 38.9 Å². The molecule has 0 unspecified atom stereocenters. The summed E-state index contributed by atoms with van der Waals surface area (Å²) >= 11 is 6.48. The van der Waals surface area contributed by atoms with Gasteiger partial charge in [0, 0.05) is 24.9 Å². The summed E-state index contributed by atoms with van der Waals surface area (Å²) < 4.78 is 97.1. The van der Waals surface area contributed by atoms with E-state index in [9.17, 15) is 35.2 Å². The number of rotatable bonds is 7. The minimum atomic E-state index is -4.73. The molecule has 0 aliphatic heterocycles. The molecule has 1 atom stereocenters.